The molecule has 2 aliphatic heterocycles. The molecule has 2 atom stereocenters. The highest BCUT2D eigenvalue weighted by Gasteiger charge is 2.34. The normalized spacial score (nSPS) is 24.2. The van der Waals surface area contributed by atoms with Crippen molar-refractivity contribution in [3.05, 3.63) is 42.3 Å². The lowest BCUT2D eigenvalue weighted by molar-refractivity contribution is 0.0336. The average molecular weight is 372 g/mol. The van der Waals surface area contributed by atoms with E-state index in [1.807, 2.05) is 18.2 Å². The summed E-state index contributed by atoms with van der Waals surface area (Å²) in [6.45, 7) is 4.49. The number of hydrogen-bond acceptors (Lipinski definition) is 7. The quantitative estimate of drug-likeness (QED) is 0.830. The van der Waals surface area contributed by atoms with Gasteiger partial charge in [0.1, 0.15) is 11.6 Å². The van der Waals surface area contributed by atoms with Crippen molar-refractivity contribution >= 4 is 17.5 Å². The molecule has 0 saturated carbocycles. The number of piperidine rings is 1. The van der Waals surface area contributed by atoms with Crippen LogP contribution in [0, 0.1) is 5.82 Å². The van der Waals surface area contributed by atoms with E-state index < -0.39 is 6.10 Å². The van der Waals surface area contributed by atoms with Crippen molar-refractivity contribution in [3.63, 3.8) is 0 Å². The van der Waals surface area contributed by atoms with E-state index in [1.54, 1.807) is 12.3 Å². The van der Waals surface area contributed by atoms with Gasteiger partial charge in [-0.2, -0.15) is 4.98 Å². The maximum Gasteiger partial charge on any atom is 0.221 e. The molecule has 3 N–H and O–H groups in total. The van der Waals surface area contributed by atoms with Crippen molar-refractivity contribution in [2.75, 3.05) is 54.8 Å². The number of halogens is 1. The third kappa shape index (κ3) is 3.81. The predicted molar refractivity (Wildman–Crippen MR) is 103 cm³/mol. The van der Waals surface area contributed by atoms with Gasteiger partial charge in [0.2, 0.25) is 5.95 Å². The molecule has 3 heterocycles. The molecule has 2 aromatic rings. The van der Waals surface area contributed by atoms with Crippen LogP contribution in [-0.2, 0) is 0 Å². The topological polar surface area (TPSA) is 81.8 Å². The van der Waals surface area contributed by atoms with Gasteiger partial charge in [0.05, 0.1) is 11.8 Å². The van der Waals surface area contributed by atoms with Crippen LogP contribution >= 0.6 is 0 Å². The number of benzene rings is 1. The Hall–Kier alpha value is -2.45. The first kappa shape index (κ1) is 17.9. The molecule has 7 nitrogen and oxygen atoms in total. The van der Waals surface area contributed by atoms with Crippen LogP contribution in [0.2, 0.25) is 0 Å². The highest BCUT2D eigenvalue weighted by atomic mass is 19.1. The second kappa shape index (κ2) is 7.66. The highest BCUT2D eigenvalue weighted by Crippen LogP contribution is 2.25. The number of β-amino-alcohol motifs (C(OH)–C–C–N with tert-alkyl or cyclic N) is 1. The van der Waals surface area contributed by atoms with Crippen LogP contribution in [0.5, 0.6) is 0 Å². The molecule has 2 aliphatic rings. The Morgan fingerprint density at radius 3 is 2.52 bits per heavy atom. The lowest BCUT2D eigenvalue weighted by atomic mass is 9.99. The fourth-order valence-electron chi connectivity index (χ4n) is 4.10. The Morgan fingerprint density at radius 1 is 1.04 bits per heavy atom. The Morgan fingerprint density at radius 2 is 1.81 bits per heavy atom. The molecule has 27 heavy (non-hydrogen) atoms. The standard InChI is InChI=1S/C19H25FN6O/c20-14-3-1-2-4-15(14)24-9-11-25(12-10-24)16-6-8-26(13-17(16)27)18-5-7-22-19(21)23-18/h1-5,7,16-17,27H,6,8-13H2,(H2,21,22,23)/t16-,17-/m1/s1. The minimum Gasteiger partial charge on any atom is -0.390 e. The van der Waals surface area contributed by atoms with Crippen molar-refractivity contribution in [1.29, 1.82) is 0 Å². The highest BCUT2D eigenvalue weighted by molar-refractivity contribution is 5.48. The van der Waals surface area contributed by atoms with E-state index in [2.05, 4.69) is 24.7 Å². The SMILES string of the molecule is Nc1nccc(N2CC[C@@H](N3CCN(c4ccccc4F)CC3)[C@H](O)C2)n1. The third-order valence-corrected chi connectivity index (χ3v) is 5.51. The van der Waals surface area contributed by atoms with E-state index >= 15 is 0 Å². The van der Waals surface area contributed by atoms with Gasteiger partial charge in [-0.05, 0) is 24.6 Å². The molecule has 0 spiro atoms. The van der Waals surface area contributed by atoms with Crippen LogP contribution in [0.1, 0.15) is 6.42 Å². The molecule has 0 radical (unpaired) electrons. The molecular formula is C19H25FN6O. The molecule has 1 aromatic heterocycles. The molecule has 2 saturated heterocycles. The van der Waals surface area contributed by atoms with Gasteiger partial charge in [-0.3, -0.25) is 4.90 Å². The number of aliphatic hydroxyl groups is 1. The average Bonchev–Trinajstić information content (AvgIpc) is 2.69. The third-order valence-electron chi connectivity index (χ3n) is 5.51. The van der Waals surface area contributed by atoms with Gasteiger partial charge in [0, 0.05) is 51.5 Å². The molecule has 0 amide bonds. The molecule has 8 heteroatoms. The number of nitrogens with zero attached hydrogens (tertiary/aromatic N) is 5. The molecule has 0 bridgehead atoms. The summed E-state index contributed by atoms with van der Waals surface area (Å²) in [5.41, 5.74) is 6.33. The summed E-state index contributed by atoms with van der Waals surface area (Å²) in [4.78, 5) is 14.6. The van der Waals surface area contributed by atoms with Crippen molar-refractivity contribution in [2.45, 2.75) is 18.6 Å². The minimum atomic E-state index is -0.463. The Kier molecular flexibility index (Phi) is 5.09. The summed E-state index contributed by atoms with van der Waals surface area (Å²) >= 11 is 0. The number of para-hydroxylation sites is 1. The molecular weight excluding hydrogens is 347 g/mol. The van der Waals surface area contributed by atoms with Crippen LogP contribution in [-0.4, -0.2) is 71.4 Å². The van der Waals surface area contributed by atoms with Crippen molar-refractivity contribution in [3.8, 4) is 0 Å². The fourth-order valence-corrected chi connectivity index (χ4v) is 4.10. The Bertz CT molecular complexity index is 782. The molecule has 0 aliphatic carbocycles. The second-order valence-corrected chi connectivity index (χ2v) is 7.12. The van der Waals surface area contributed by atoms with Gasteiger partial charge in [0.25, 0.3) is 0 Å². The molecule has 0 unspecified atom stereocenters. The van der Waals surface area contributed by atoms with Crippen LogP contribution < -0.4 is 15.5 Å². The lowest BCUT2D eigenvalue weighted by Gasteiger charge is -2.45. The van der Waals surface area contributed by atoms with Crippen LogP contribution in [0.3, 0.4) is 0 Å². The second-order valence-electron chi connectivity index (χ2n) is 7.12. The number of nitrogen functional groups attached to an aromatic ring is 1. The summed E-state index contributed by atoms with van der Waals surface area (Å²) in [7, 11) is 0. The summed E-state index contributed by atoms with van der Waals surface area (Å²) in [6.07, 6.45) is 2.03. The van der Waals surface area contributed by atoms with Crippen molar-refractivity contribution < 1.29 is 9.50 Å². The van der Waals surface area contributed by atoms with E-state index in [0.717, 1.165) is 45.0 Å². The number of piperazine rings is 1. The molecule has 144 valence electrons. The largest absolute Gasteiger partial charge is 0.390 e. The maximum atomic E-state index is 14.0. The van der Waals surface area contributed by atoms with E-state index in [0.29, 0.717) is 12.2 Å². The minimum absolute atomic E-state index is 0.114. The number of aliphatic hydroxyl groups excluding tert-OH is 1. The summed E-state index contributed by atoms with van der Waals surface area (Å²) in [5.74, 6) is 0.821. The predicted octanol–water partition coefficient (Wildman–Crippen LogP) is 0.960. The van der Waals surface area contributed by atoms with Gasteiger partial charge < -0.3 is 20.6 Å². The van der Waals surface area contributed by atoms with Crippen molar-refractivity contribution in [2.24, 2.45) is 0 Å². The van der Waals surface area contributed by atoms with Gasteiger partial charge in [0.15, 0.2) is 0 Å². The zero-order valence-electron chi connectivity index (χ0n) is 15.2. The smallest absolute Gasteiger partial charge is 0.221 e. The molecule has 4 rings (SSSR count). The van der Waals surface area contributed by atoms with Crippen LogP contribution in [0.4, 0.5) is 21.8 Å². The monoisotopic (exact) mass is 372 g/mol. The summed E-state index contributed by atoms with van der Waals surface area (Å²) in [5, 5.41) is 10.7. The maximum absolute atomic E-state index is 14.0. The Balaban J connectivity index is 1.35. The zero-order chi connectivity index (χ0) is 18.8. The number of nitrogens with two attached hydrogens (primary N) is 1. The van der Waals surface area contributed by atoms with E-state index in [9.17, 15) is 9.50 Å². The fraction of sp³-hybridized carbons (Fsp3) is 0.474. The molecule has 2 fully saturated rings. The van der Waals surface area contributed by atoms with Crippen LogP contribution in [0.15, 0.2) is 36.5 Å². The van der Waals surface area contributed by atoms with Gasteiger partial charge >= 0.3 is 0 Å². The first-order chi connectivity index (χ1) is 13.1. The van der Waals surface area contributed by atoms with E-state index in [4.69, 9.17) is 5.73 Å². The zero-order valence-corrected chi connectivity index (χ0v) is 15.2. The Labute approximate surface area is 158 Å². The van der Waals surface area contributed by atoms with E-state index in [1.165, 1.54) is 6.07 Å². The summed E-state index contributed by atoms with van der Waals surface area (Å²) in [6, 6.07) is 8.83. The van der Waals surface area contributed by atoms with Crippen molar-refractivity contribution in [1.82, 2.24) is 14.9 Å². The van der Waals surface area contributed by atoms with Crippen LogP contribution in [0.25, 0.3) is 0 Å². The van der Waals surface area contributed by atoms with Gasteiger partial charge in [-0.15, -0.1) is 0 Å². The lowest BCUT2D eigenvalue weighted by Crippen LogP contribution is -2.59. The van der Waals surface area contributed by atoms with Gasteiger partial charge in [-0.25, -0.2) is 9.37 Å². The first-order valence-electron chi connectivity index (χ1n) is 9.37. The van der Waals surface area contributed by atoms with E-state index in [-0.39, 0.29) is 17.8 Å². The number of hydrogen-bond donors (Lipinski definition) is 2. The van der Waals surface area contributed by atoms with Gasteiger partial charge in [-0.1, -0.05) is 12.1 Å². The summed E-state index contributed by atoms with van der Waals surface area (Å²) < 4.78 is 14.0. The number of anilines is 3. The number of rotatable bonds is 3. The number of aromatic nitrogens is 2. The first-order valence-corrected chi connectivity index (χ1v) is 9.37. The molecule has 1 aromatic carbocycles.